The third-order valence-corrected chi connectivity index (χ3v) is 4.85. The maximum absolute atomic E-state index is 12.9. The molecule has 1 N–H and O–H groups in total. The molecule has 0 amide bonds. The van der Waals surface area contributed by atoms with Crippen LogP contribution in [0.15, 0.2) is 41.3 Å². The molecule has 0 aliphatic heterocycles. The molecule has 7 heteroatoms. The predicted molar refractivity (Wildman–Crippen MR) is 106 cm³/mol. The summed E-state index contributed by atoms with van der Waals surface area (Å²) in [6.45, 7) is 4.69. The minimum absolute atomic E-state index is 0.354. The van der Waals surface area contributed by atoms with Gasteiger partial charge in [-0.2, -0.15) is 4.98 Å². The van der Waals surface area contributed by atoms with E-state index in [1.165, 1.54) is 0 Å². The minimum Gasteiger partial charge on any atom is -0.371 e. The molecule has 0 bridgehead atoms. The van der Waals surface area contributed by atoms with Crippen molar-refractivity contribution in [2.75, 3.05) is 12.4 Å². The SMILES string of the molecule is CCn1c2ccc(Cl)cc2c2c1c(NC)nc(=O)n2-c1cccnc1C. The fourth-order valence-corrected chi connectivity index (χ4v) is 3.68. The number of nitrogens with one attached hydrogen (secondary N) is 1. The van der Waals surface area contributed by atoms with Crippen LogP contribution in [0.5, 0.6) is 0 Å². The van der Waals surface area contributed by atoms with Crippen molar-refractivity contribution in [3.8, 4) is 5.69 Å². The van der Waals surface area contributed by atoms with Gasteiger partial charge in [0.25, 0.3) is 0 Å². The van der Waals surface area contributed by atoms with Gasteiger partial charge in [-0.25, -0.2) is 4.79 Å². The third kappa shape index (κ3) is 2.29. The summed E-state index contributed by atoms with van der Waals surface area (Å²) in [4.78, 5) is 21.5. The Morgan fingerprint density at radius 1 is 1.23 bits per heavy atom. The molecule has 0 spiro atoms. The number of rotatable bonds is 3. The van der Waals surface area contributed by atoms with Crippen LogP contribution in [0.3, 0.4) is 0 Å². The number of fused-ring (bicyclic) bond motifs is 3. The van der Waals surface area contributed by atoms with Crippen molar-refractivity contribution in [2.24, 2.45) is 0 Å². The lowest BCUT2D eigenvalue weighted by Gasteiger charge is -2.13. The molecule has 0 saturated carbocycles. The van der Waals surface area contributed by atoms with Crippen LogP contribution >= 0.6 is 11.6 Å². The molecule has 0 radical (unpaired) electrons. The molecule has 26 heavy (non-hydrogen) atoms. The van der Waals surface area contributed by atoms with E-state index in [0.29, 0.717) is 16.5 Å². The molecule has 4 aromatic rings. The number of anilines is 1. The van der Waals surface area contributed by atoms with E-state index < -0.39 is 0 Å². The molecule has 1 aromatic carbocycles. The van der Waals surface area contributed by atoms with Crippen LogP contribution < -0.4 is 11.0 Å². The first kappa shape index (κ1) is 16.6. The van der Waals surface area contributed by atoms with Gasteiger partial charge in [-0.05, 0) is 44.2 Å². The van der Waals surface area contributed by atoms with E-state index in [1.54, 1.807) is 17.8 Å². The first-order chi connectivity index (χ1) is 12.6. The number of nitrogens with zero attached hydrogens (tertiary/aromatic N) is 4. The normalized spacial score (nSPS) is 11.4. The Labute approximate surface area is 155 Å². The Bertz CT molecular complexity index is 1210. The zero-order chi connectivity index (χ0) is 18.4. The highest BCUT2D eigenvalue weighted by Crippen LogP contribution is 2.34. The maximum Gasteiger partial charge on any atom is 0.354 e. The molecule has 4 rings (SSSR count). The summed E-state index contributed by atoms with van der Waals surface area (Å²) in [6, 6.07) is 9.43. The molecular weight excluding hydrogens is 350 g/mol. The van der Waals surface area contributed by atoms with Gasteiger partial charge in [0.05, 0.1) is 22.4 Å². The average molecular weight is 368 g/mol. The lowest BCUT2D eigenvalue weighted by atomic mass is 10.2. The van der Waals surface area contributed by atoms with E-state index >= 15 is 0 Å². The second-order valence-corrected chi connectivity index (χ2v) is 6.48. The van der Waals surface area contributed by atoms with Crippen molar-refractivity contribution in [3.05, 3.63) is 57.7 Å². The van der Waals surface area contributed by atoms with Crippen LogP contribution in [-0.4, -0.2) is 26.1 Å². The van der Waals surface area contributed by atoms with Crippen molar-refractivity contribution in [1.82, 2.24) is 19.1 Å². The van der Waals surface area contributed by atoms with E-state index in [2.05, 4.69) is 26.8 Å². The number of aryl methyl sites for hydroxylation is 2. The molecule has 0 atom stereocenters. The largest absolute Gasteiger partial charge is 0.371 e. The highest BCUT2D eigenvalue weighted by Gasteiger charge is 2.21. The Balaban J connectivity index is 2.32. The van der Waals surface area contributed by atoms with E-state index in [4.69, 9.17) is 11.6 Å². The summed E-state index contributed by atoms with van der Waals surface area (Å²) in [5, 5.41) is 4.59. The first-order valence-corrected chi connectivity index (χ1v) is 8.78. The lowest BCUT2D eigenvalue weighted by molar-refractivity contribution is 0.820. The summed E-state index contributed by atoms with van der Waals surface area (Å²) < 4.78 is 3.77. The Hall–Kier alpha value is -2.86. The van der Waals surface area contributed by atoms with Gasteiger partial charge in [0.2, 0.25) is 0 Å². The fraction of sp³-hybridized carbons (Fsp3) is 0.211. The van der Waals surface area contributed by atoms with E-state index in [0.717, 1.165) is 34.2 Å². The molecular formula is C19H18ClN5O. The second-order valence-electron chi connectivity index (χ2n) is 6.04. The number of benzene rings is 1. The number of hydrogen-bond acceptors (Lipinski definition) is 4. The molecule has 132 valence electrons. The molecule has 0 unspecified atom stereocenters. The van der Waals surface area contributed by atoms with E-state index in [1.807, 2.05) is 37.3 Å². The van der Waals surface area contributed by atoms with Crippen LogP contribution in [-0.2, 0) is 6.54 Å². The third-order valence-electron chi connectivity index (χ3n) is 4.62. The van der Waals surface area contributed by atoms with Crippen molar-refractivity contribution in [3.63, 3.8) is 0 Å². The fourth-order valence-electron chi connectivity index (χ4n) is 3.51. The van der Waals surface area contributed by atoms with Gasteiger partial charge in [0.15, 0.2) is 5.82 Å². The zero-order valence-corrected chi connectivity index (χ0v) is 15.5. The monoisotopic (exact) mass is 367 g/mol. The minimum atomic E-state index is -0.354. The highest BCUT2D eigenvalue weighted by atomic mass is 35.5. The predicted octanol–water partition coefficient (Wildman–Crippen LogP) is 3.76. The Kier molecular flexibility index (Phi) is 3.92. The van der Waals surface area contributed by atoms with Crippen LogP contribution in [0.1, 0.15) is 12.6 Å². The van der Waals surface area contributed by atoms with Crippen LogP contribution in [0, 0.1) is 6.92 Å². The Morgan fingerprint density at radius 3 is 2.73 bits per heavy atom. The summed E-state index contributed by atoms with van der Waals surface area (Å²) in [5.41, 5.74) is 3.78. The molecule has 0 saturated heterocycles. The second kappa shape index (κ2) is 6.14. The van der Waals surface area contributed by atoms with Crippen molar-refractivity contribution in [1.29, 1.82) is 0 Å². The summed E-state index contributed by atoms with van der Waals surface area (Å²) in [5.74, 6) is 0.553. The standard InChI is InChI=1S/C19H18ClN5O/c1-4-24-15-8-7-12(20)10-13(15)16-17(24)18(21-3)23-19(26)25(16)14-6-5-9-22-11(14)2/h5-10H,4H2,1-3H3,(H,21,23,26). The lowest BCUT2D eigenvalue weighted by Crippen LogP contribution is -2.24. The van der Waals surface area contributed by atoms with Gasteiger partial charge in [-0.15, -0.1) is 0 Å². The summed E-state index contributed by atoms with van der Waals surface area (Å²) in [7, 11) is 1.77. The average Bonchev–Trinajstić information content (AvgIpc) is 2.95. The molecule has 6 nitrogen and oxygen atoms in total. The van der Waals surface area contributed by atoms with Gasteiger partial charge in [0.1, 0.15) is 5.52 Å². The van der Waals surface area contributed by atoms with E-state index in [-0.39, 0.29) is 5.69 Å². The first-order valence-electron chi connectivity index (χ1n) is 8.41. The molecule has 0 fully saturated rings. The highest BCUT2D eigenvalue weighted by molar-refractivity contribution is 6.31. The van der Waals surface area contributed by atoms with Gasteiger partial charge in [0, 0.05) is 30.2 Å². The van der Waals surface area contributed by atoms with Gasteiger partial charge in [-0.1, -0.05) is 11.6 Å². The number of hydrogen-bond donors (Lipinski definition) is 1. The van der Waals surface area contributed by atoms with E-state index in [9.17, 15) is 4.79 Å². The quantitative estimate of drug-likeness (QED) is 0.598. The van der Waals surface area contributed by atoms with Crippen molar-refractivity contribution < 1.29 is 0 Å². The molecule has 0 aliphatic rings. The van der Waals surface area contributed by atoms with Gasteiger partial charge >= 0.3 is 5.69 Å². The van der Waals surface area contributed by atoms with Gasteiger partial charge < -0.3 is 9.88 Å². The summed E-state index contributed by atoms with van der Waals surface area (Å²) in [6.07, 6.45) is 1.71. The number of pyridine rings is 1. The zero-order valence-electron chi connectivity index (χ0n) is 14.7. The molecule has 3 heterocycles. The van der Waals surface area contributed by atoms with Gasteiger partial charge in [-0.3, -0.25) is 9.55 Å². The van der Waals surface area contributed by atoms with Crippen LogP contribution in [0.25, 0.3) is 27.6 Å². The van der Waals surface area contributed by atoms with Crippen molar-refractivity contribution in [2.45, 2.75) is 20.4 Å². The van der Waals surface area contributed by atoms with Crippen LogP contribution in [0.2, 0.25) is 5.02 Å². The topological polar surface area (TPSA) is 64.7 Å². The van der Waals surface area contributed by atoms with Crippen LogP contribution in [0.4, 0.5) is 5.82 Å². The molecule has 3 aromatic heterocycles. The Morgan fingerprint density at radius 2 is 2.04 bits per heavy atom. The maximum atomic E-state index is 12.9. The number of aromatic nitrogens is 4. The van der Waals surface area contributed by atoms with Crippen molar-refractivity contribution >= 4 is 39.4 Å². The number of halogens is 1. The smallest absolute Gasteiger partial charge is 0.354 e. The molecule has 0 aliphatic carbocycles. The summed E-state index contributed by atoms with van der Waals surface area (Å²) >= 11 is 6.27.